The fourth-order valence-corrected chi connectivity index (χ4v) is 2.46. The molecule has 0 radical (unpaired) electrons. The zero-order valence-electron chi connectivity index (χ0n) is 12.1. The van der Waals surface area contributed by atoms with Crippen molar-refractivity contribution in [2.45, 2.75) is 6.92 Å². The molecule has 23 heavy (non-hydrogen) atoms. The SMILES string of the molecule is CC(=O)Nc1ccccc1OC(=O)COc1ccc(Br)cc1Cl. The van der Waals surface area contributed by atoms with Crippen LogP contribution in [0.5, 0.6) is 11.5 Å². The molecule has 0 aliphatic carbocycles. The van der Waals surface area contributed by atoms with Crippen LogP contribution in [0.2, 0.25) is 5.02 Å². The Morgan fingerprint density at radius 2 is 1.91 bits per heavy atom. The summed E-state index contributed by atoms with van der Waals surface area (Å²) in [4.78, 5) is 23.0. The summed E-state index contributed by atoms with van der Waals surface area (Å²) >= 11 is 9.28. The molecular formula is C16H13BrClNO4. The van der Waals surface area contributed by atoms with E-state index in [1.165, 1.54) is 6.92 Å². The van der Waals surface area contributed by atoms with Crippen LogP contribution < -0.4 is 14.8 Å². The minimum absolute atomic E-state index is 0.248. The molecule has 0 atom stereocenters. The molecule has 0 bridgehead atoms. The largest absolute Gasteiger partial charge is 0.480 e. The van der Waals surface area contributed by atoms with Gasteiger partial charge in [-0.2, -0.15) is 0 Å². The predicted molar refractivity (Wildman–Crippen MR) is 91.0 cm³/mol. The number of nitrogens with one attached hydrogen (secondary N) is 1. The Morgan fingerprint density at radius 1 is 1.17 bits per heavy atom. The molecule has 1 amide bonds. The van der Waals surface area contributed by atoms with Crippen molar-refractivity contribution in [2.75, 3.05) is 11.9 Å². The lowest BCUT2D eigenvalue weighted by Crippen LogP contribution is -2.19. The Hall–Kier alpha value is -2.05. The van der Waals surface area contributed by atoms with Crippen LogP contribution in [-0.4, -0.2) is 18.5 Å². The van der Waals surface area contributed by atoms with Crippen molar-refractivity contribution in [1.29, 1.82) is 0 Å². The average Bonchev–Trinajstić information content (AvgIpc) is 2.48. The molecule has 0 aliphatic rings. The number of benzene rings is 2. The number of hydrogen-bond donors (Lipinski definition) is 1. The standard InChI is InChI=1S/C16H13BrClNO4/c1-10(20)19-13-4-2-3-5-15(13)23-16(21)9-22-14-7-6-11(17)8-12(14)18/h2-8H,9H2,1H3,(H,19,20). The molecule has 0 aromatic heterocycles. The lowest BCUT2D eigenvalue weighted by molar-refractivity contribution is -0.136. The monoisotopic (exact) mass is 397 g/mol. The van der Waals surface area contributed by atoms with Crippen LogP contribution in [0.15, 0.2) is 46.9 Å². The molecule has 0 spiro atoms. The Kier molecular flexibility index (Phi) is 6.01. The Bertz CT molecular complexity index is 736. The molecule has 0 saturated carbocycles. The van der Waals surface area contributed by atoms with Crippen molar-refractivity contribution in [3.63, 3.8) is 0 Å². The van der Waals surface area contributed by atoms with Crippen molar-refractivity contribution in [2.24, 2.45) is 0 Å². The Balaban J connectivity index is 1.98. The predicted octanol–water partition coefficient (Wildman–Crippen LogP) is 4.05. The van der Waals surface area contributed by atoms with E-state index in [2.05, 4.69) is 21.2 Å². The minimum atomic E-state index is -0.609. The van der Waals surface area contributed by atoms with E-state index in [0.29, 0.717) is 16.5 Å². The highest BCUT2D eigenvalue weighted by Gasteiger charge is 2.12. The first-order valence-corrected chi connectivity index (χ1v) is 7.78. The van der Waals surface area contributed by atoms with Gasteiger partial charge in [0.25, 0.3) is 0 Å². The molecule has 2 aromatic rings. The molecule has 0 saturated heterocycles. The molecule has 1 N–H and O–H groups in total. The summed E-state index contributed by atoms with van der Waals surface area (Å²) < 4.78 is 11.3. The van der Waals surface area contributed by atoms with Gasteiger partial charge in [-0.05, 0) is 30.3 Å². The highest BCUT2D eigenvalue weighted by molar-refractivity contribution is 9.10. The van der Waals surface area contributed by atoms with Crippen LogP contribution in [0.4, 0.5) is 5.69 Å². The quantitative estimate of drug-likeness (QED) is 0.610. The van der Waals surface area contributed by atoms with Crippen molar-refractivity contribution >= 4 is 45.1 Å². The number of esters is 1. The van der Waals surface area contributed by atoms with E-state index in [0.717, 1.165) is 4.47 Å². The van der Waals surface area contributed by atoms with Crippen molar-refractivity contribution in [1.82, 2.24) is 0 Å². The highest BCUT2D eigenvalue weighted by atomic mass is 79.9. The summed E-state index contributed by atoms with van der Waals surface area (Å²) in [5.74, 6) is -0.242. The fraction of sp³-hybridized carbons (Fsp3) is 0.125. The molecular weight excluding hydrogens is 386 g/mol. The summed E-state index contributed by atoms with van der Waals surface area (Å²) in [6.07, 6.45) is 0. The third-order valence-electron chi connectivity index (χ3n) is 2.66. The van der Waals surface area contributed by atoms with Crippen LogP contribution in [0, 0.1) is 0 Å². The van der Waals surface area contributed by atoms with E-state index in [1.54, 1.807) is 42.5 Å². The number of hydrogen-bond acceptors (Lipinski definition) is 4. The molecule has 0 unspecified atom stereocenters. The van der Waals surface area contributed by atoms with Gasteiger partial charge in [0.15, 0.2) is 12.4 Å². The second-order valence-electron chi connectivity index (χ2n) is 4.51. The number of carbonyl (C=O) groups is 2. The number of ether oxygens (including phenoxy) is 2. The maximum atomic E-state index is 11.9. The van der Waals surface area contributed by atoms with Crippen LogP contribution in [-0.2, 0) is 9.59 Å². The van der Waals surface area contributed by atoms with Crippen molar-refractivity contribution in [3.05, 3.63) is 52.0 Å². The van der Waals surface area contributed by atoms with Gasteiger partial charge in [-0.15, -0.1) is 0 Å². The summed E-state index contributed by atoms with van der Waals surface area (Å²) in [5, 5.41) is 2.96. The van der Waals surface area contributed by atoms with Crippen LogP contribution in [0.1, 0.15) is 6.92 Å². The smallest absolute Gasteiger partial charge is 0.349 e. The molecule has 2 rings (SSSR count). The van der Waals surface area contributed by atoms with Crippen molar-refractivity contribution < 1.29 is 19.1 Å². The zero-order valence-corrected chi connectivity index (χ0v) is 14.5. The zero-order chi connectivity index (χ0) is 16.8. The van der Waals surface area contributed by atoms with Gasteiger partial charge in [-0.25, -0.2) is 4.79 Å². The van der Waals surface area contributed by atoms with Gasteiger partial charge in [0.1, 0.15) is 5.75 Å². The average molecular weight is 399 g/mol. The van der Waals surface area contributed by atoms with Gasteiger partial charge in [-0.1, -0.05) is 39.7 Å². The second-order valence-corrected chi connectivity index (χ2v) is 5.84. The highest BCUT2D eigenvalue weighted by Crippen LogP contribution is 2.28. The summed E-state index contributed by atoms with van der Waals surface area (Å²) in [6.45, 7) is 1.06. The molecule has 5 nitrogen and oxygen atoms in total. The van der Waals surface area contributed by atoms with Crippen molar-refractivity contribution in [3.8, 4) is 11.5 Å². The van der Waals surface area contributed by atoms with Gasteiger partial charge in [0.05, 0.1) is 10.7 Å². The number of amides is 1. The first kappa shape index (κ1) is 17.3. The van der Waals surface area contributed by atoms with E-state index in [4.69, 9.17) is 21.1 Å². The molecule has 0 fully saturated rings. The third-order valence-corrected chi connectivity index (χ3v) is 3.45. The number of anilines is 1. The fourth-order valence-electron chi connectivity index (χ4n) is 1.73. The van der Waals surface area contributed by atoms with E-state index >= 15 is 0 Å². The van der Waals surface area contributed by atoms with Crippen LogP contribution >= 0.6 is 27.5 Å². The lowest BCUT2D eigenvalue weighted by atomic mass is 10.3. The van der Waals surface area contributed by atoms with Gasteiger partial charge < -0.3 is 14.8 Å². The van der Waals surface area contributed by atoms with Gasteiger partial charge >= 0.3 is 5.97 Å². The van der Waals surface area contributed by atoms with E-state index in [1.807, 2.05) is 0 Å². The number of halogens is 2. The molecule has 0 heterocycles. The molecule has 120 valence electrons. The van der Waals surface area contributed by atoms with E-state index in [-0.39, 0.29) is 18.3 Å². The molecule has 0 aliphatic heterocycles. The third kappa shape index (κ3) is 5.26. The van der Waals surface area contributed by atoms with Gasteiger partial charge in [0.2, 0.25) is 5.91 Å². The summed E-state index contributed by atoms with van der Waals surface area (Å²) in [6, 6.07) is 11.7. The summed E-state index contributed by atoms with van der Waals surface area (Å²) in [5.41, 5.74) is 0.412. The maximum Gasteiger partial charge on any atom is 0.349 e. The summed E-state index contributed by atoms with van der Waals surface area (Å²) in [7, 11) is 0. The molecule has 7 heteroatoms. The number of para-hydroxylation sites is 2. The maximum absolute atomic E-state index is 11.9. The van der Waals surface area contributed by atoms with Crippen LogP contribution in [0.3, 0.4) is 0 Å². The first-order chi connectivity index (χ1) is 11.0. The first-order valence-electron chi connectivity index (χ1n) is 6.61. The van der Waals surface area contributed by atoms with Gasteiger partial charge in [0, 0.05) is 11.4 Å². The van der Waals surface area contributed by atoms with E-state index < -0.39 is 5.97 Å². The van der Waals surface area contributed by atoms with Gasteiger partial charge in [-0.3, -0.25) is 4.79 Å². The normalized spacial score (nSPS) is 10.0. The molecule has 2 aromatic carbocycles. The lowest BCUT2D eigenvalue weighted by Gasteiger charge is -2.11. The Morgan fingerprint density at radius 3 is 2.61 bits per heavy atom. The second kappa shape index (κ2) is 7.99. The number of carbonyl (C=O) groups excluding carboxylic acids is 2. The van der Waals surface area contributed by atoms with Crippen LogP contribution in [0.25, 0.3) is 0 Å². The topological polar surface area (TPSA) is 64.6 Å². The minimum Gasteiger partial charge on any atom is -0.480 e. The Labute approximate surface area is 146 Å². The van der Waals surface area contributed by atoms with E-state index in [9.17, 15) is 9.59 Å². The number of rotatable bonds is 5.